The molecule has 0 bridgehead atoms. The van der Waals surface area contributed by atoms with Gasteiger partial charge in [-0.15, -0.1) is 0 Å². The van der Waals surface area contributed by atoms with E-state index in [1.54, 1.807) is 25.1 Å². The van der Waals surface area contributed by atoms with Crippen LogP contribution in [0.2, 0.25) is 0 Å². The van der Waals surface area contributed by atoms with Crippen molar-refractivity contribution in [1.29, 1.82) is 0 Å². The summed E-state index contributed by atoms with van der Waals surface area (Å²) in [4.78, 5) is 21.9. The summed E-state index contributed by atoms with van der Waals surface area (Å²) in [6.07, 6.45) is 1.20. The molecule has 7 heteroatoms. The number of nitrogens with one attached hydrogen (secondary N) is 1. The molecule has 126 valence electrons. The summed E-state index contributed by atoms with van der Waals surface area (Å²) >= 11 is 0. The average molecular weight is 330 g/mol. The van der Waals surface area contributed by atoms with Crippen molar-refractivity contribution in [3.8, 4) is 0 Å². The Balaban J connectivity index is 1.76. The number of aliphatic carboxylic acids is 1. The van der Waals surface area contributed by atoms with Crippen molar-refractivity contribution in [2.75, 3.05) is 23.3 Å². The Labute approximate surface area is 139 Å². The van der Waals surface area contributed by atoms with E-state index in [1.807, 2.05) is 0 Å². The zero-order valence-corrected chi connectivity index (χ0v) is 13.4. The lowest BCUT2D eigenvalue weighted by Crippen LogP contribution is -2.36. The minimum Gasteiger partial charge on any atom is -0.481 e. The number of aryl methyl sites for hydroxylation is 1. The van der Waals surface area contributed by atoms with E-state index in [2.05, 4.69) is 20.2 Å². The predicted molar refractivity (Wildman–Crippen MR) is 89.0 cm³/mol. The summed E-state index contributed by atoms with van der Waals surface area (Å²) < 4.78 is 13.3. The number of hydrogen-bond donors (Lipinski definition) is 2. The standard InChI is InChI=1S/C17H19FN4O2/c1-11-19-15(21-14-4-2-3-13(18)9-14)10-16(20-11)22-7-5-12(6-8-22)17(23)24/h2-4,9-10,12H,5-8H2,1H3,(H,23,24)(H,19,20,21). The molecule has 1 aromatic carbocycles. The van der Waals surface area contributed by atoms with Gasteiger partial charge in [-0.2, -0.15) is 0 Å². The molecule has 1 aliphatic rings. The highest BCUT2D eigenvalue weighted by molar-refractivity contribution is 5.70. The highest BCUT2D eigenvalue weighted by Gasteiger charge is 2.25. The maximum Gasteiger partial charge on any atom is 0.306 e. The lowest BCUT2D eigenvalue weighted by atomic mass is 9.97. The minimum absolute atomic E-state index is 0.283. The molecule has 1 aliphatic heterocycles. The maximum atomic E-state index is 13.3. The fourth-order valence-electron chi connectivity index (χ4n) is 2.85. The number of halogens is 1. The number of benzene rings is 1. The molecule has 0 saturated carbocycles. The van der Waals surface area contributed by atoms with Gasteiger partial charge in [0.05, 0.1) is 5.92 Å². The second kappa shape index (κ2) is 6.82. The molecule has 0 radical (unpaired) electrons. The lowest BCUT2D eigenvalue weighted by Gasteiger charge is -2.31. The van der Waals surface area contributed by atoms with Gasteiger partial charge in [0.1, 0.15) is 23.3 Å². The summed E-state index contributed by atoms with van der Waals surface area (Å²) in [6.45, 7) is 3.09. The molecule has 2 N–H and O–H groups in total. The molecule has 0 unspecified atom stereocenters. The average Bonchev–Trinajstić information content (AvgIpc) is 2.54. The van der Waals surface area contributed by atoms with Gasteiger partial charge >= 0.3 is 5.97 Å². The zero-order chi connectivity index (χ0) is 17.1. The van der Waals surface area contributed by atoms with Crippen molar-refractivity contribution in [1.82, 2.24) is 9.97 Å². The van der Waals surface area contributed by atoms with Gasteiger partial charge in [0.25, 0.3) is 0 Å². The van der Waals surface area contributed by atoms with Crippen molar-refractivity contribution >= 4 is 23.3 Å². The molecule has 3 rings (SSSR count). The van der Waals surface area contributed by atoms with Crippen LogP contribution in [0, 0.1) is 18.7 Å². The zero-order valence-electron chi connectivity index (χ0n) is 13.4. The Morgan fingerprint density at radius 1 is 1.29 bits per heavy atom. The van der Waals surface area contributed by atoms with Gasteiger partial charge in [0.2, 0.25) is 0 Å². The molecule has 0 aliphatic carbocycles. The Bertz CT molecular complexity index is 745. The first kappa shape index (κ1) is 16.2. The number of carbonyl (C=O) groups is 1. The molecular weight excluding hydrogens is 311 g/mol. The number of aromatic nitrogens is 2. The monoisotopic (exact) mass is 330 g/mol. The SMILES string of the molecule is Cc1nc(Nc2cccc(F)c2)cc(N2CCC(C(=O)O)CC2)n1. The highest BCUT2D eigenvalue weighted by atomic mass is 19.1. The number of carboxylic acids is 1. The Morgan fingerprint density at radius 3 is 2.71 bits per heavy atom. The molecular formula is C17H19FN4O2. The Kier molecular flexibility index (Phi) is 4.59. The minimum atomic E-state index is -0.734. The number of carboxylic acid groups (broad SMARTS) is 1. The number of piperidine rings is 1. The molecule has 1 aromatic heterocycles. The summed E-state index contributed by atoms with van der Waals surface area (Å²) in [5.74, 6) is 0.609. The molecule has 1 fully saturated rings. The van der Waals surface area contributed by atoms with Crippen LogP contribution in [0.5, 0.6) is 0 Å². The van der Waals surface area contributed by atoms with E-state index < -0.39 is 5.97 Å². The van der Waals surface area contributed by atoms with E-state index in [-0.39, 0.29) is 11.7 Å². The van der Waals surface area contributed by atoms with E-state index in [0.717, 1.165) is 5.82 Å². The molecule has 1 saturated heterocycles. The van der Waals surface area contributed by atoms with Crippen LogP contribution in [0.25, 0.3) is 0 Å². The van der Waals surface area contributed by atoms with Gasteiger partial charge in [0, 0.05) is 24.8 Å². The van der Waals surface area contributed by atoms with Gasteiger partial charge in [-0.25, -0.2) is 14.4 Å². The topological polar surface area (TPSA) is 78.4 Å². The third-order valence-corrected chi connectivity index (χ3v) is 4.09. The van der Waals surface area contributed by atoms with Crippen LogP contribution in [-0.2, 0) is 4.79 Å². The molecule has 0 spiro atoms. The number of nitrogens with zero attached hydrogens (tertiary/aromatic N) is 3. The number of hydrogen-bond acceptors (Lipinski definition) is 5. The van der Waals surface area contributed by atoms with Gasteiger partial charge < -0.3 is 15.3 Å². The van der Waals surface area contributed by atoms with Gasteiger partial charge in [0.15, 0.2) is 0 Å². The maximum absolute atomic E-state index is 13.3. The van der Waals surface area contributed by atoms with Gasteiger partial charge in [-0.3, -0.25) is 4.79 Å². The fraction of sp³-hybridized carbons (Fsp3) is 0.353. The second-order valence-electron chi connectivity index (χ2n) is 5.89. The summed E-state index contributed by atoms with van der Waals surface area (Å²) in [7, 11) is 0. The van der Waals surface area contributed by atoms with E-state index in [4.69, 9.17) is 5.11 Å². The van der Waals surface area contributed by atoms with Crippen LogP contribution in [0.1, 0.15) is 18.7 Å². The van der Waals surface area contributed by atoms with E-state index in [0.29, 0.717) is 43.3 Å². The molecule has 2 aromatic rings. The molecule has 0 amide bonds. The van der Waals surface area contributed by atoms with Crippen molar-refractivity contribution in [2.45, 2.75) is 19.8 Å². The highest BCUT2D eigenvalue weighted by Crippen LogP contribution is 2.25. The van der Waals surface area contributed by atoms with Crippen LogP contribution in [-0.4, -0.2) is 34.1 Å². The Hall–Kier alpha value is -2.70. The lowest BCUT2D eigenvalue weighted by molar-refractivity contribution is -0.142. The van der Waals surface area contributed by atoms with Crippen LogP contribution >= 0.6 is 0 Å². The second-order valence-corrected chi connectivity index (χ2v) is 5.89. The third-order valence-electron chi connectivity index (χ3n) is 4.09. The third kappa shape index (κ3) is 3.79. The summed E-state index contributed by atoms with van der Waals surface area (Å²) in [5.41, 5.74) is 0.614. The predicted octanol–water partition coefficient (Wildman–Crippen LogP) is 2.97. The normalized spacial score (nSPS) is 15.3. The molecule has 6 nitrogen and oxygen atoms in total. The molecule has 2 heterocycles. The fourth-order valence-corrected chi connectivity index (χ4v) is 2.85. The molecule has 0 atom stereocenters. The van der Waals surface area contributed by atoms with E-state index in [1.165, 1.54) is 12.1 Å². The van der Waals surface area contributed by atoms with Crippen LogP contribution in [0.15, 0.2) is 30.3 Å². The first-order chi connectivity index (χ1) is 11.5. The smallest absolute Gasteiger partial charge is 0.306 e. The largest absolute Gasteiger partial charge is 0.481 e. The first-order valence-corrected chi connectivity index (χ1v) is 7.87. The van der Waals surface area contributed by atoms with Crippen molar-refractivity contribution in [2.24, 2.45) is 5.92 Å². The van der Waals surface area contributed by atoms with Crippen LogP contribution in [0.3, 0.4) is 0 Å². The van der Waals surface area contributed by atoms with E-state index >= 15 is 0 Å². The van der Waals surface area contributed by atoms with Gasteiger partial charge in [-0.1, -0.05) is 6.07 Å². The first-order valence-electron chi connectivity index (χ1n) is 7.87. The van der Waals surface area contributed by atoms with Crippen LogP contribution in [0.4, 0.5) is 21.7 Å². The van der Waals surface area contributed by atoms with Crippen molar-refractivity contribution < 1.29 is 14.3 Å². The summed E-state index contributed by atoms with van der Waals surface area (Å²) in [5, 5.41) is 12.2. The van der Waals surface area contributed by atoms with E-state index in [9.17, 15) is 9.18 Å². The number of anilines is 3. The quantitative estimate of drug-likeness (QED) is 0.897. The van der Waals surface area contributed by atoms with Crippen LogP contribution < -0.4 is 10.2 Å². The van der Waals surface area contributed by atoms with Crippen molar-refractivity contribution in [3.05, 3.63) is 42.0 Å². The van der Waals surface area contributed by atoms with Gasteiger partial charge in [-0.05, 0) is 38.0 Å². The summed E-state index contributed by atoms with van der Waals surface area (Å²) in [6, 6.07) is 7.98. The molecule has 24 heavy (non-hydrogen) atoms. The number of rotatable bonds is 4. The Morgan fingerprint density at radius 2 is 2.04 bits per heavy atom. The van der Waals surface area contributed by atoms with Crippen molar-refractivity contribution in [3.63, 3.8) is 0 Å².